The quantitative estimate of drug-likeness (QED) is 0.216. The molecule has 0 atom stereocenters. The number of rotatable bonds is 19. The maximum atomic E-state index is 12.2. The highest BCUT2D eigenvalue weighted by atomic mass is 16.6. The van der Waals surface area contributed by atoms with E-state index in [4.69, 9.17) is 28.4 Å². The van der Waals surface area contributed by atoms with Gasteiger partial charge in [0.05, 0.1) is 89.5 Å². The van der Waals surface area contributed by atoms with Crippen molar-refractivity contribution in [3.63, 3.8) is 0 Å². The van der Waals surface area contributed by atoms with E-state index in [1.165, 1.54) is 17.7 Å². The second-order valence-corrected chi connectivity index (χ2v) is 8.13. The normalized spacial score (nSPS) is 15.4. The summed E-state index contributed by atoms with van der Waals surface area (Å²) in [6.45, 7) is 5.47. The van der Waals surface area contributed by atoms with Crippen LogP contribution in [-0.2, 0) is 28.4 Å². The molecule has 0 fully saturated rings. The van der Waals surface area contributed by atoms with Gasteiger partial charge in [-0.05, 0) is 37.5 Å². The first-order chi connectivity index (χ1) is 17.3. The molecule has 2 amide bonds. The summed E-state index contributed by atoms with van der Waals surface area (Å²) in [6, 6.07) is 6.84. The van der Waals surface area contributed by atoms with E-state index in [9.17, 15) is 9.59 Å². The van der Waals surface area contributed by atoms with Crippen molar-refractivity contribution in [1.82, 2.24) is 4.90 Å². The number of ether oxygens (including phenoxy) is 6. The van der Waals surface area contributed by atoms with Crippen molar-refractivity contribution in [3.05, 3.63) is 47.2 Å². The van der Waals surface area contributed by atoms with Crippen molar-refractivity contribution < 1.29 is 38.0 Å². The largest absolute Gasteiger partial charge is 0.496 e. The molecule has 0 N–H and O–H groups in total. The molecule has 194 valence electrons. The fourth-order valence-corrected chi connectivity index (χ4v) is 3.75. The van der Waals surface area contributed by atoms with Gasteiger partial charge in [-0.2, -0.15) is 0 Å². The molecule has 35 heavy (non-hydrogen) atoms. The highest BCUT2D eigenvalue weighted by molar-refractivity contribution is 6.21. The average Bonchev–Trinajstić information content (AvgIpc) is 3.13. The fraction of sp³-hybridized carbons (Fsp3) is 0.615. The lowest BCUT2D eigenvalue weighted by molar-refractivity contribution is -0.0150. The molecule has 3 rings (SSSR count). The highest BCUT2D eigenvalue weighted by Crippen LogP contribution is 2.22. The van der Waals surface area contributed by atoms with Gasteiger partial charge in [0.25, 0.3) is 11.8 Å². The Morgan fingerprint density at radius 2 is 1.11 bits per heavy atom. The molecule has 0 unspecified atom stereocenters. The first kappa shape index (κ1) is 27.3. The average molecular weight is 492 g/mol. The van der Waals surface area contributed by atoms with Crippen molar-refractivity contribution in [2.75, 3.05) is 79.2 Å². The minimum absolute atomic E-state index is 0.229. The predicted octanol–water partition coefficient (Wildman–Crippen LogP) is 2.84. The van der Waals surface area contributed by atoms with Gasteiger partial charge in [-0.15, -0.1) is 0 Å². The summed E-state index contributed by atoms with van der Waals surface area (Å²) in [5.41, 5.74) is 0.904. The monoisotopic (exact) mass is 491 g/mol. The number of nitrogens with zero attached hydrogens (tertiary/aromatic N) is 1. The topological polar surface area (TPSA) is 92.8 Å². The van der Waals surface area contributed by atoms with Crippen LogP contribution in [0.3, 0.4) is 0 Å². The van der Waals surface area contributed by atoms with Crippen molar-refractivity contribution in [2.24, 2.45) is 0 Å². The number of carbonyl (C=O) groups is 2. The second kappa shape index (κ2) is 16.4. The van der Waals surface area contributed by atoms with Crippen molar-refractivity contribution in [2.45, 2.75) is 25.7 Å². The Kier molecular flexibility index (Phi) is 12.8. The Hall–Kier alpha value is -2.30. The Morgan fingerprint density at radius 3 is 1.60 bits per heavy atom. The first-order valence-electron chi connectivity index (χ1n) is 12.4. The summed E-state index contributed by atoms with van der Waals surface area (Å²) in [5.74, 6) is 0.567. The predicted molar refractivity (Wildman–Crippen MR) is 128 cm³/mol. The Labute approximate surface area is 207 Å². The van der Waals surface area contributed by atoms with Crippen LogP contribution in [0.1, 0.15) is 46.4 Å². The van der Waals surface area contributed by atoms with E-state index < -0.39 is 0 Å². The van der Waals surface area contributed by atoms with E-state index >= 15 is 0 Å². The molecule has 1 aromatic rings. The van der Waals surface area contributed by atoms with Crippen LogP contribution >= 0.6 is 0 Å². The van der Waals surface area contributed by atoms with Gasteiger partial charge in [-0.1, -0.05) is 12.1 Å². The van der Waals surface area contributed by atoms with Gasteiger partial charge in [-0.3, -0.25) is 14.5 Å². The van der Waals surface area contributed by atoms with Crippen LogP contribution in [0.4, 0.5) is 0 Å². The molecule has 0 spiro atoms. The number of hydrogen-bond acceptors (Lipinski definition) is 8. The van der Waals surface area contributed by atoms with Gasteiger partial charge >= 0.3 is 0 Å². The van der Waals surface area contributed by atoms with Crippen LogP contribution in [0.5, 0.6) is 0 Å². The zero-order chi connectivity index (χ0) is 24.6. The molecule has 1 aliphatic heterocycles. The number of allylic oxidation sites excluding steroid dienone is 2. The molecule has 0 aromatic heterocycles. The molecule has 0 bridgehead atoms. The van der Waals surface area contributed by atoms with Gasteiger partial charge in [-0.25, -0.2) is 0 Å². The van der Waals surface area contributed by atoms with Crippen molar-refractivity contribution in [3.8, 4) is 0 Å². The van der Waals surface area contributed by atoms with E-state index in [1.54, 1.807) is 24.3 Å². The van der Waals surface area contributed by atoms with E-state index in [1.807, 2.05) is 0 Å². The lowest BCUT2D eigenvalue weighted by Crippen LogP contribution is -2.33. The molecule has 1 aliphatic carbocycles. The van der Waals surface area contributed by atoms with Crippen LogP contribution < -0.4 is 0 Å². The van der Waals surface area contributed by atoms with E-state index in [-0.39, 0.29) is 25.0 Å². The molecule has 9 heteroatoms. The second-order valence-electron chi connectivity index (χ2n) is 8.13. The zero-order valence-electron chi connectivity index (χ0n) is 20.4. The number of benzene rings is 1. The van der Waals surface area contributed by atoms with Gasteiger partial charge in [0.1, 0.15) is 6.61 Å². The number of fused-ring (bicyclic) bond motifs is 1. The van der Waals surface area contributed by atoms with Gasteiger partial charge in [0.2, 0.25) is 0 Å². The third-order valence-corrected chi connectivity index (χ3v) is 5.59. The number of amides is 2. The first-order valence-corrected chi connectivity index (χ1v) is 12.4. The van der Waals surface area contributed by atoms with E-state index in [0.29, 0.717) is 77.2 Å². The molecule has 1 heterocycles. The molecular formula is C26H37NO8. The van der Waals surface area contributed by atoms with Crippen LogP contribution in [-0.4, -0.2) is 95.9 Å². The summed E-state index contributed by atoms with van der Waals surface area (Å²) in [4.78, 5) is 25.7. The molecule has 9 nitrogen and oxygen atoms in total. The van der Waals surface area contributed by atoms with Gasteiger partial charge in [0, 0.05) is 6.42 Å². The lowest BCUT2D eigenvalue weighted by atomic mass is 10.1. The standard InChI is InChI=1S/C26H37NO8/c28-25-23-8-4-5-9-24(23)26(29)27(25)10-11-30-12-13-31-14-15-32-16-17-33-18-19-34-20-21-35-22-6-2-1-3-7-22/h4-6,8-9H,1-3,7,10-21H2. The summed E-state index contributed by atoms with van der Waals surface area (Å²) < 4.78 is 33.0. The molecule has 2 aliphatic rings. The summed E-state index contributed by atoms with van der Waals surface area (Å²) >= 11 is 0. The zero-order valence-corrected chi connectivity index (χ0v) is 20.4. The number of carbonyl (C=O) groups excluding carboxylic acids is 2. The Balaban J connectivity index is 1.03. The Morgan fingerprint density at radius 1 is 0.629 bits per heavy atom. The summed E-state index contributed by atoms with van der Waals surface area (Å²) in [5, 5.41) is 0. The van der Waals surface area contributed by atoms with Crippen molar-refractivity contribution >= 4 is 11.8 Å². The van der Waals surface area contributed by atoms with Crippen LogP contribution in [0.25, 0.3) is 0 Å². The summed E-state index contributed by atoms with van der Waals surface area (Å²) in [6.07, 6.45) is 6.82. The third-order valence-electron chi connectivity index (χ3n) is 5.59. The number of imide groups is 1. The lowest BCUT2D eigenvalue weighted by Gasteiger charge is -2.14. The Bertz CT molecular complexity index is 777. The van der Waals surface area contributed by atoms with Crippen LogP contribution in [0.15, 0.2) is 36.1 Å². The molecule has 0 radical (unpaired) electrons. The molecule has 1 aromatic carbocycles. The van der Waals surface area contributed by atoms with Crippen LogP contribution in [0, 0.1) is 0 Å². The van der Waals surface area contributed by atoms with E-state index in [2.05, 4.69) is 6.08 Å². The smallest absolute Gasteiger partial charge is 0.261 e. The maximum absolute atomic E-state index is 12.2. The minimum Gasteiger partial charge on any atom is -0.496 e. The maximum Gasteiger partial charge on any atom is 0.261 e. The minimum atomic E-state index is -0.267. The van der Waals surface area contributed by atoms with Gasteiger partial charge in [0.15, 0.2) is 0 Å². The molecule has 0 saturated carbocycles. The highest BCUT2D eigenvalue weighted by Gasteiger charge is 2.34. The SMILES string of the molecule is O=C1c2ccccc2C(=O)N1CCOCCOCCOCCOCCOCCOC1=CCCCC1. The summed E-state index contributed by atoms with van der Waals surface area (Å²) in [7, 11) is 0. The van der Waals surface area contributed by atoms with Crippen LogP contribution in [0.2, 0.25) is 0 Å². The molecule has 0 saturated heterocycles. The third kappa shape index (κ3) is 9.70. The number of hydrogen-bond donors (Lipinski definition) is 0. The molecular weight excluding hydrogens is 454 g/mol. The fourth-order valence-electron chi connectivity index (χ4n) is 3.75. The van der Waals surface area contributed by atoms with Crippen molar-refractivity contribution in [1.29, 1.82) is 0 Å². The van der Waals surface area contributed by atoms with Gasteiger partial charge < -0.3 is 28.4 Å². The van der Waals surface area contributed by atoms with E-state index in [0.717, 1.165) is 18.6 Å².